The van der Waals surface area contributed by atoms with Crippen molar-refractivity contribution in [3.63, 3.8) is 0 Å². The summed E-state index contributed by atoms with van der Waals surface area (Å²) in [5.74, 6) is -0.788. The molecule has 0 saturated carbocycles. The van der Waals surface area contributed by atoms with Crippen LogP contribution in [0.2, 0.25) is 5.02 Å². The fourth-order valence-corrected chi connectivity index (χ4v) is 6.67. The molecule has 202 valence electrons. The van der Waals surface area contributed by atoms with Gasteiger partial charge in [0.05, 0.1) is 28.0 Å². The van der Waals surface area contributed by atoms with Crippen molar-refractivity contribution in [3.8, 4) is 0 Å². The van der Waals surface area contributed by atoms with Crippen LogP contribution in [-0.2, 0) is 23.5 Å². The molecule has 8 nitrogen and oxygen atoms in total. The first kappa shape index (κ1) is 26.9. The van der Waals surface area contributed by atoms with E-state index in [1.165, 1.54) is 35.1 Å². The first-order valence-corrected chi connectivity index (χ1v) is 15.5. The van der Waals surface area contributed by atoms with Crippen LogP contribution in [0.15, 0.2) is 52.6 Å². The summed E-state index contributed by atoms with van der Waals surface area (Å²) in [7, 11) is -3.81. The smallest absolute Gasteiger partial charge is 0.420 e. The standard InChI is InChI=1S/C26H28ClFN4O4S2/c1-26(2,3)36-25(33)32(24-14-37(15-29-24)38(34)35)23-11-18(27)21(12-19(23)28)30-20-13-22(31-9-6-10-31)17-8-5-4-7-16(17)20/h4-5,7-8,11-12,14-15,20,22,30H,6,9-10,13H2,1-3H3/t20-,22-,37?/m0/s1. The Morgan fingerprint density at radius 2 is 1.95 bits per heavy atom. The van der Waals surface area contributed by atoms with Gasteiger partial charge in [-0.05, 0) is 63.9 Å². The summed E-state index contributed by atoms with van der Waals surface area (Å²) in [5, 5.41) is 4.88. The summed E-state index contributed by atoms with van der Waals surface area (Å²) in [6.45, 7) is 7.16. The number of amides is 1. The minimum atomic E-state index is -2.46. The Morgan fingerprint density at radius 1 is 1.24 bits per heavy atom. The lowest BCUT2D eigenvalue weighted by Gasteiger charge is -2.37. The number of nitrogens with zero attached hydrogens (tertiary/aromatic N) is 3. The molecule has 2 aromatic carbocycles. The van der Waals surface area contributed by atoms with Crippen LogP contribution in [0.25, 0.3) is 0 Å². The Kier molecular flexibility index (Phi) is 7.38. The zero-order valence-electron chi connectivity index (χ0n) is 21.1. The van der Waals surface area contributed by atoms with E-state index in [-0.39, 0.29) is 22.6 Å². The Labute approximate surface area is 229 Å². The number of ether oxygens (including phenoxy) is 1. The quantitative estimate of drug-likeness (QED) is 0.484. The molecule has 3 aliphatic rings. The highest BCUT2D eigenvalue weighted by Crippen LogP contribution is 2.46. The van der Waals surface area contributed by atoms with Crippen molar-refractivity contribution in [3.05, 3.63) is 69.6 Å². The third-order valence-corrected chi connectivity index (χ3v) is 9.47. The molecular formula is C26H28ClFN4O4S2. The molecule has 0 aromatic heterocycles. The van der Waals surface area contributed by atoms with Gasteiger partial charge in [0, 0.05) is 27.0 Å². The molecule has 1 fully saturated rings. The van der Waals surface area contributed by atoms with E-state index in [1.807, 2.05) is 12.1 Å². The lowest BCUT2D eigenvalue weighted by molar-refractivity contribution is 0.0591. The van der Waals surface area contributed by atoms with Gasteiger partial charge in [0.2, 0.25) is 9.26 Å². The Bertz CT molecular complexity index is 1490. The van der Waals surface area contributed by atoms with Crippen molar-refractivity contribution in [2.45, 2.75) is 51.3 Å². The van der Waals surface area contributed by atoms with Gasteiger partial charge in [-0.2, -0.15) is 8.42 Å². The van der Waals surface area contributed by atoms with Crippen LogP contribution in [0.4, 0.5) is 20.6 Å². The van der Waals surface area contributed by atoms with Crippen LogP contribution < -0.4 is 10.2 Å². The monoisotopic (exact) mass is 578 g/mol. The lowest BCUT2D eigenvalue weighted by atomic mass is 10.0. The fourth-order valence-electron chi connectivity index (χ4n) is 4.83. The third-order valence-electron chi connectivity index (χ3n) is 6.60. The van der Waals surface area contributed by atoms with Crippen LogP contribution in [0, 0.1) is 5.82 Å². The van der Waals surface area contributed by atoms with Crippen molar-refractivity contribution >= 4 is 53.3 Å². The largest absolute Gasteiger partial charge is 0.443 e. The van der Waals surface area contributed by atoms with E-state index in [0.717, 1.165) is 30.0 Å². The van der Waals surface area contributed by atoms with Gasteiger partial charge in [0.25, 0.3) is 0 Å². The summed E-state index contributed by atoms with van der Waals surface area (Å²) in [5.41, 5.74) is 2.94. The topological polar surface area (TPSA) is 91.3 Å². The number of hydrogen-bond acceptors (Lipinski definition) is 7. The normalized spacial score (nSPS) is 22.4. The highest BCUT2D eigenvalue weighted by atomic mass is 35.5. The highest BCUT2D eigenvalue weighted by Gasteiger charge is 2.37. The van der Waals surface area contributed by atoms with Gasteiger partial charge in [0.15, 0.2) is 5.82 Å². The van der Waals surface area contributed by atoms with Gasteiger partial charge in [-0.15, -0.1) is 0 Å². The lowest BCUT2D eigenvalue weighted by Crippen LogP contribution is -2.39. The Balaban J connectivity index is 1.47. The maximum atomic E-state index is 15.7. The second-order valence-corrected chi connectivity index (χ2v) is 14.2. The van der Waals surface area contributed by atoms with Crippen molar-refractivity contribution < 1.29 is 22.3 Å². The number of carbonyl (C=O) groups excluding carboxylic acids is 1. The number of nitrogens with one attached hydrogen (secondary N) is 1. The maximum absolute atomic E-state index is 15.7. The van der Waals surface area contributed by atoms with E-state index >= 15 is 4.39 Å². The molecular weight excluding hydrogens is 551 g/mol. The van der Waals surface area contributed by atoms with E-state index in [0.29, 0.717) is 11.7 Å². The molecule has 3 atom stereocenters. The minimum Gasteiger partial charge on any atom is -0.443 e. The van der Waals surface area contributed by atoms with Crippen molar-refractivity contribution in [1.29, 1.82) is 0 Å². The summed E-state index contributed by atoms with van der Waals surface area (Å²) in [6, 6.07) is 11.1. The van der Waals surface area contributed by atoms with Crippen molar-refractivity contribution in [2.24, 2.45) is 4.99 Å². The third kappa shape index (κ3) is 5.38. The second-order valence-electron chi connectivity index (χ2n) is 10.3. The summed E-state index contributed by atoms with van der Waals surface area (Å²) in [6.07, 6.45) is 1.12. The first-order valence-electron chi connectivity index (χ1n) is 12.2. The summed E-state index contributed by atoms with van der Waals surface area (Å²) < 4.78 is 44.0. The van der Waals surface area contributed by atoms with Crippen LogP contribution in [0.1, 0.15) is 56.8 Å². The van der Waals surface area contributed by atoms with Crippen molar-refractivity contribution in [2.75, 3.05) is 23.3 Å². The Morgan fingerprint density at radius 3 is 2.55 bits per heavy atom. The minimum absolute atomic E-state index is 0.0513. The molecule has 1 N–H and O–H groups in total. The number of rotatable bonds is 5. The average molecular weight is 579 g/mol. The predicted octanol–water partition coefficient (Wildman–Crippen LogP) is 5.78. The molecule has 1 unspecified atom stereocenters. The molecule has 2 aromatic rings. The van der Waals surface area contributed by atoms with Crippen LogP contribution >= 0.6 is 11.6 Å². The van der Waals surface area contributed by atoms with E-state index in [4.69, 9.17) is 16.3 Å². The molecule has 0 radical (unpaired) electrons. The molecule has 1 amide bonds. The molecule has 5 rings (SSSR count). The number of halogens is 2. The van der Waals surface area contributed by atoms with E-state index < -0.39 is 36.2 Å². The van der Waals surface area contributed by atoms with Gasteiger partial charge in [-0.3, -0.25) is 4.90 Å². The zero-order chi connectivity index (χ0) is 27.2. The number of carbonyl (C=O) groups is 1. The fraction of sp³-hybridized carbons (Fsp3) is 0.385. The van der Waals surface area contributed by atoms with Gasteiger partial charge >= 0.3 is 6.09 Å². The molecule has 1 aliphatic carbocycles. The zero-order valence-corrected chi connectivity index (χ0v) is 23.5. The van der Waals surface area contributed by atoms with Crippen LogP contribution in [0.5, 0.6) is 0 Å². The van der Waals surface area contributed by atoms with Gasteiger partial charge in [0.1, 0.15) is 11.4 Å². The van der Waals surface area contributed by atoms with E-state index in [1.54, 1.807) is 20.8 Å². The first-order chi connectivity index (χ1) is 18.0. The number of fused-ring (bicyclic) bond motifs is 1. The predicted molar refractivity (Wildman–Crippen MR) is 149 cm³/mol. The number of likely N-dealkylation sites (tertiary alicyclic amines) is 1. The Hall–Kier alpha value is -2.73. The van der Waals surface area contributed by atoms with Crippen molar-refractivity contribution in [1.82, 2.24) is 4.90 Å². The number of aliphatic imine (C=N–C) groups is 1. The number of anilines is 2. The highest BCUT2D eigenvalue weighted by molar-refractivity contribution is 8.42. The molecule has 2 aliphatic heterocycles. The average Bonchev–Trinajstić information content (AvgIpc) is 3.41. The van der Waals surface area contributed by atoms with Gasteiger partial charge < -0.3 is 10.1 Å². The van der Waals surface area contributed by atoms with E-state index in [2.05, 4.69) is 27.3 Å². The molecule has 2 heterocycles. The SMILES string of the molecule is CC(C)(C)OC(=O)N(C1=CS(=S(=O)=O)C=N1)c1cc(Cl)c(N[C@H]2C[C@H](N3CCC3)c3ccccc32)cc1F. The van der Waals surface area contributed by atoms with Gasteiger partial charge in [-0.1, -0.05) is 35.9 Å². The van der Waals surface area contributed by atoms with E-state index in [9.17, 15) is 13.2 Å². The second kappa shape index (κ2) is 10.4. The molecule has 38 heavy (non-hydrogen) atoms. The van der Waals surface area contributed by atoms with Crippen LogP contribution in [0.3, 0.4) is 0 Å². The summed E-state index contributed by atoms with van der Waals surface area (Å²) >= 11 is 6.64. The molecule has 1 saturated heterocycles. The van der Waals surface area contributed by atoms with Gasteiger partial charge in [-0.25, -0.2) is 19.1 Å². The molecule has 0 spiro atoms. The maximum Gasteiger partial charge on any atom is 0.420 e. The molecule has 0 bridgehead atoms. The summed E-state index contributed by atoms with van der Waals surface area (Å²) in [4.78, 5) is 20.5. The number of hydrogen-bond donors (Lipinski definition) is 1. The molecule has 12 heteroatoms. The number of benzene rings is 2. The van der Waals surface area contributed by atoms with Crippen LogP contribution in [-0.4, -0.2) is 43.6 Å².